The minimum Gasteiger partial charge on any atom is -0.389 e. The third-order valence-electron chi connectivity index (χ3n) is 1.89. The second-order valence-electron chi connectivity index (χ2n) is 3.94. The van der Waals surface area contributed by atoms with Crippen molar-refractivity contribution in [3.63, 3.8) is 0 Å². The zero-order valence-electron chi connectivity index (χ0n) is 10.9. The van der Waals surface area contributed by atoms with Crippen LogP contribution in [0.5, 0.6) is 0 Å². The Morgan fingerprint density at radius 1 is 1.29 bits per heavy atom. The first-order valence-electron chi connectivity index (χ1n) is 5.84. The minimum absolute atomic E-state index is 0.322. The molecule has 0 heterocycles. The Balaban J connectivity index is 3.16. The molecule has 0 saturated heterocycles. The quantitative estimate of drug-likeness (QED) is 0.381. The molecule has 1 atom stereocenters. The van der Waals surface area contributed by atoms with E-state index in [-0.39, 0.29) is 0 Å². The molecule has 0 aromatic rings. The fourth-order valence-corrected chi connectivity index (χ4v) is 1.08. The van der Waals surface area contributed by atoms with Gasteiger partial charge in [0.25, 0.3) is 0 Å². The van der Waals surface area contributed by atoms with Gasteiger partial charge in [-0.3, -0.25) is 0 Å². The van der Waals surface area contributed by atoms with Crippen molar-refractivity contribution in [3.8, 4) is 0 Å². The van der Waals surface area contributed by atoms with Crippen molar-refractivity contribution in [2.45, 2.75) is 13.0 Å². The lowest BCUT2D eigenvalue weighted by molar-refractivity contribution is 0.0132. The molecule has 0 amide bonds. The molecule has 0 fully saturated rings. The van der Waals surface area contributed by atoms with Gasteiger partial charge >= 0.3 is 0 Å². The van der Waals surface area contributed by atoms with E-state index in [4.69, 9.17) is 14.2 Å². The fourth-order valence-electron chi connectivity index (χ4n) is 1.08. The van der Waals surface area contributed by atoms with Gasteiger partial charge in [-0.25, -0.2) is 0 Å². The lowest BCUT2D eigenvalue weighted by Gasteiger charge is -2.12. The van der Waals surface area contributed by atoms with Crippen LogP contribution in [-0.4, -0.2) is 64.4 Å². The van der Waals surface area contributed by atoms with Crippen LogP contribution in [0.25, 0.3) is 0 Å². The van der Waals surface area contributed by atoms with E-state index >= 15 is 0 Å². The average Bonchev–Trinajstić information content (AvgIpc) is 2.29. The fraction of sp³-hybridized carbons (Fsp3) is 0.833. The Morgan fingerprint density at radius 2 is 2.06 bits per heavy atom. The molecule has 0 aliphatic heterocycles. The van der Waals surface area contributed by atoms with E-state index in [1.165, 1.54) is 0 Å². The van der Waals surface area contributed by atoms with Crippen molar-refractivity contribution < 1.29 is 19.3 Å². The van der Waals surface area contributed by atoms with Crippen molar-refractivity contribution in [1.29, 1.82) is 0 Å². The van der Waals surface area contributed by atoms with Crippen molar-refractivity contribution in [2.24, 2.45) is 0 Å². The van der Waals surface area contributed by atoms with Gasteiger partial charge in [0.2, 0.25) is 0 Å². The highest BCUT2D eigenvalue weighted by molar-refractivity contribution is 4.87. The van der Waals surface area contributed by atoms with Crippen molar-refractivity contribution in [3.05, 3.63) is 12.2 Å². The first-order chi connectivity index (χ1) is 8.16. The van der Waals surface area contributed by atoms with E-state index in [1.807, 2.05) is 6.92 Å². The second-order valence-corrected chi connectivity index (χ2v) is 3.94. The first-order valence-corrected chi connectivity index (χ1v) is 5.84. The summed E-state index contributed by atoms with van der Waals surface area (Å²) in [6, 6.07) is 0. The van der Waals surface area contributed by atoms with Gasteiger partial charge in [-0.15, -0.1) is 0 Å². The molecule has 0 spiro atoms. The van der Waals surface area contributed by atoms with E-state index in [2.05, 4.69) is 11.9 Å². The summed E-state index contributed by atoms with van der Waals surface area (Å²) in [5.41, 5.74) is 1.01. The minimum atomic E-state index is -0.493. The summed E-state index contributed by atoms with van der Waals surface area (Å²) in [4.78, 5) is 0. The van der Waals surface area contributed by atoms with Crippen LogP contribution in [0, 0.1) is 0 Å². The van der Waals surface area contributed by atoms with Crippen LogP contribution < -0.4 is 5.32 Å². The summed E-state index contributed by atoms with van der Waals surface area (Å²) in [5, 5.41) is 12.6. The molecule has 0 bridgehead atoms. The van der Waals surface area contributed by atoms with Gasteiger partial charge in [0.05, 0.1) is 39.1 Å². The Morgan fingerprint density at radius 3 is 2.71 bits per heavy atom. The van der Waals surface area contributed by atoms with Gasteiger partial charge in [0.1, 0.15) is 0 Å². The van der Waals surface area contributed by atoms with Gasteiger partial charge in [-0.1, -0.05) is 12.2 Å². The summed E-state index contributed by atoms with van der Waals surface area (Å²) in [5.74, 6) is 0. The molecule has 1 unspecified atom stereocenters. The molecule has 17 heavy (non-hydrogen) atoms. The van der Waals surface area contributed by atoms with Crippen LogP contribution in [0.15, 0.2) is 12.2 Å². The molecule has 2 N–H and O–H groups in total. The van der Waals surface area contributed by atoms with Crippen molar-refractivity contribution in [2.75, 3.05) is 53.2 Å². The molecule has 0 aromatic carbocycles. The molecule has 0 aromatic heterocycles. The lowest BCUT2D eigenvalue weighted by Crippen LogP contribution is -2.32. The topological polar surface area (TPSA) is 60.0 Å². The highest BCUT2D eigenvalue weighted by atomic mass is 16.5. The first kappa shape index (κ1) is 16.5. The van der Waals surface area contributed by atoms with E-state index in [0.29, 0.717) is 46.1 Å². The number of nitrogens with one attached hydrogen (secondary N) is 1. The molecule has 5 nitrogen and oxygen atoms in total. The van der Waals surface area contributed by atoms with Gasteiger partial charge < -0.3 is 24.6 Å². The Kier molecular flexibility index (Phi) is 11.7. The molecule has 5 heteroatoms. The Labute approximate surface area is 104 Å². The predicted molar refractivity (Wildman–Crippen MR) is 67.2 cm³/mol. The summed E-state index contributed by atoms with van der Waals surface area (Å²) in [7, 11) is 1.62. The number of hydrogen-bond acceptors (Lipinski definition) is 5. The monoisotopic (exact) mass is 247 g/mol. The summed E-state index contributed by atoms with van der Waals surface area (Å²) in [6.45, 7) is 9.46. The molecule has 0 radical (unpaired) electrons. The smallest absolute Gasteiger partial charge is 0.0897 e. The average molecular weight is 247 g/mol. The number of rotatable bonds is 12. The number of hydrogen-bond donors (Lipinski definition) is 2. The largest absolute Gasteiger partial charge is 0.389 e. The molecular formula is C12H25NO4. The Bertz CT molecular complexity index is 187. The van der Waals surface area contributed by atoms with E-state index in [0.717, 1.165) is 5.57 Å². The zero-order chi connectivity index (χ0) is 12.9. The van der Waals surface area contributed by atoms with Gasteiger partial charge in [-0.05, 0) is 6.92 Å². The number of methoxy groups -OCH3 is 1. The van der Waals surface area contributed by atoms with Crippen LogP contribution in [-0.2, 0) is 14.2 Å². The van der Waals surface area contributed by atoms with Crippen LogP contribution in [0.3, 0.4) is 0 Å². The zero-order valence-corrected chi connectivity index (χ0v) is 10.9. The van der Waals surface area contributed by atoms with Crippen LogP contribution in [0.2, 0.25) is 0 Å². The van der Waals surface area contributed by atoms with Crippen LogP contribution in [0.1, 0.15) is 6.92 Å². The molecule has 0 aliphatic carbocycles. The number of ether oxygens (including phenoxy) is 3. The van der Waals surface area contributed by atoms with Crippen molar-refractivity contribution in [1.82, 2.24) is 5.32 Å². The van der Waals surface area contributed by atoms with Gasteiger partial charge in [0.15, 0.2) is 0 Å². The molecular weight excluding hydrogens is 222 g/mol. The van der Waals surface area contributed by atoms with Crippen LogP contribution in [0.4, 0.5) is 0 Å². The third kappa shape index (κ3) is 13.5. The van der Waals surface area contributed by atoms with Crippen molar-refractivity contribution >= 4 is 0 Å². The number of aliphatic hydroxyl groups excluding tert-OH is 1. The highest BCUT2D eigenvalue weighted by Gasteiger charge is 2.02. The normalized spacial score (nSPS) is 12.6. The van der Waals surface area contributed by atoms with E-state index in [1.54, 1.807) is 7.11 Å². The predicted octanol–water partition coefficient (Wildman–Crippen LogP) is 0.193. The van der Waals surface area contributed by atoms with Gasteiger partial charge in [-0.2, -0.15) is 0 Å². The SMILES string of the molecule is C=C(C)COCCNCC(O)COCCOC. The molecule has 0 saturated carbocycles. The maximum atomic E-state index is 9.51. The maximum absolute atomic E-state index is 9.51. The van der Waals surface area contributed by atoms with Gasteiger partial charge in [0, 0.05) is 20.2 Å². The lowest BCUT2D eigenvalue weighted by atomic mass is 10.4. The Hall–Kier alpha value is -0.460. The van der Waals surface area contributed by atoms with E-state index < -0.39 is 6.10 Å². The maximum Gasteiger partial charge on any atom is 0.0897 e. The highest BCUT2D eigenvalue weighted by Crippen LogP contribution is 1.87. The van der Waals surface area contributed by atoms with Crippen LogP contribution >= 0.6 is 0 Å². The summed E-state index contributed by atoms with van der Waals surface area (Å²) >= 11 is 0. The molecule has 0 aliphatic rings. The second kappa shape index (κ2) is 12.0. The molecule has 102 valence electrons. The summed E-state index contributed by atoms with van der Waals surface area (Å²) in [6.07, 6.45) is -0.493. The standard InChI is InChI=1S/C12H25NO4/c1-11(2)9-16-5-4-13-8-12(14)10-17-7-6-15-3/h12-14H,1,4-10H2,2-3H3. The number of aliphatic hydroxyl groups is 1. The third-order valence-corrected chi connectivity index (χ3v) is 1.89. The molecule has 0 rings (SSSR count). The summed E-state index contributed by atoms with van der Waals surface area (Å²) < 4.78 is 15.3. The van der Waals surface area contributed by atoms with E-state index in [9.17, 15) is 5.11 Å².